The Morgan fingerprint density at radius 3 is 2.68 bits per heavy atom. The molecule has 0 fully saturated rings. The van der Waals surface area contributed by atoms with Gasteiger partial charge in [-0.05, 0) is 25.1 Å². The van der Waals surface area contributed by atoms with Crippen molar-refractivity contribution in [2.75, 3.05) is 19.7 Å². The topological polar surface area (TPSA) is 64.6 Å². The van der Waals surface area contributed by atoms with Gasteiger partial charge in [-0.3, -0.25) is 0 Å². The van der Waals surface area contributed by atoms with Crippen molar-refractivity contribution in [1.29, 1.82) is 0 Å². The van der Waals surface area contributed by atoms with Crippen LogP contribution in [-0.2, 0) is 9.84 Å². The van der Waals surface area contributed by atoms with Crippen molar-refractivity contribution in [2.24, 2.45) is 0 Å². The van der Waals surface area contributed by atoms with Crippen LogP contribution in [0.4, 0.5) is 13.2 Å². The lowest BCUT2D eigenvalue weighted by atomic mass is 10.2. The fourth-order valence-corrected chi connectivity index (χ4v) is 2.71. The first-order valence-electron chi connectivity index (χ1n) is 6.71. The van der Waals surface area contributed by atoms with E-state index in [9.17, 15) is 21.6 Å². The molecule has 1 aliphatic heterocycles. The van der Waals surface area contributed by atoms with Crippen molar-refractivity contribution in [2.45, 2.75) is 29.9 Å². The van der Waals surface area contributed by atoms with E-state index in [-0.39, 0.29) is 24.2 Å². The Bertz CT molecular complexity index is 631. The summed E-state index contributed by atoms with van der Waals surface area (Å²) in [5.41, 5.74) is -5.35. The molecule has 1 N–H and O–H groups in total. The summed E-state index contributed by atoms with van der Waals surface area (Å²) in [6.45, 7) is 3.47. The first-order valence-corrected chi connectivity index (χ1v) is 8.19. The minimum Gasteiger partial charge on any atom is -0.486 e. The molecular weight excluding hydrogens is 323 g/mol. The highest BCUT2D eigenvalue weighted by atomic mass is 32.2. The number of sulfone groups is 1. The maximum absolute atomic E-state index is 12.6. The van der Waals surface area contributed by atoms with Gasteiger partial charge in [-0.25, -0.2) is 8.42 Å². The van der Waals surface area contributed by atoms with Gasteiger partial charge in [0.1, 0.15) is 12.7 Å². The van der Waals surface area contributed by atoms with Crippen molar-refractivity contribution < 1.29 is 31.1 Å². The molecule has 124 valence electrons. The minimum absolute atomic E-state index is 0.000117. The van der Waals surface area contributed by atoms with Gasteiger partial charge in [0.25, 0.3) is 9.84 Å². The summed E-state index contributed by atoms with van der Waals surface area (Å²) in [5, 5.41) is 3.10. The molecule has 0 amide bonds. The molecule has 22 heavy (non-hydrogen) atoms. The summed E-state index contributed by atoms with van der Waals surface area (Å²) >= 11 is 0. The average Bonchev–Trinajstić information content (AvgIpc) is 2.45. The zero-order valence-electron chi connectivity index (χ0n) is 11.8. The number of nitrogens with one attached hydrogen (secondary N) is 1. The lowest BCUT2D eigenvalue weighted by Crippen LogP contribution is -2.38. The van der Waals surface area contributed by atoms with Gasteiger partial charge < -0.3 is 14.8 Å². The number of halogens is 3. The van der Waals surface area contributed by atoms with Crippen LogP contribution in [0.25, 0.3) is 0 Å². The van der Waals surface area contributed by atoms with Gasteiger partial charge in [-0.15, -0.1) is 0 Å². The molecular formula is C13H16F3NO4S. The minimum atomic E-state index is -5.40. The third kappa shape index (κ3) is 3.46. The molecule has 1 heterocycles. The van der Waals surface area contributed by atoms with Crippen molar-refractivity contribution in [3.63, 3.8) is 0 Å². The van der Waals surface area contributed by atoms with Gasteiger partial charge in [0.2, 0.25) is 0 Å². The van der Waals surface area contributed by atoms with Crippen LogP contribution in [-0.4, -0.2) is 39.7 Å². The zero-order chi connectivity index (χ0) is 16.4. The van der Waals surface area contributed by atoms with Crippen LogP contribution in [0.3, 0.4) is 0 Å². The number of rotatable bonds is 5. The number of hydrogen-bond acceptors (Lipinski definition) is 5. The molecule has 9 heteroatoms. The summed E-state index contributed by atoms with van der Waals surface area (Å²) < 4.78 is 71.4. The van der Waals surface area contributed by atoms with E-state index in [1.165, 1.54) is 6.07 Å². The number of ether oxygens (including phenoxy) is 2. The van der Waals surface area contributed by atoms with Crippen molar-refractivity contribution >= 4 is 9.84 Å². The van der Waals surface area contributed by atoms with E-state index < -0.39 is 20.2 Å². The number of hydrogen-bond donors (Lipinski definition) is 1. The van der Waals surface area contributed by atoms with Gasteiger partial charge in [-0.2, -0.15) is 13.2 Å². The van der Waals surface area contributed by atoms with Crippen LogP contribution in [0.2, 0.25) is 0 Å². The number of fused-ring (bicyclic) bond motifs is 1. The lowest BCUT2D eigenvalue weighted by Gasteiger charge is -2.27. The number of alkyl halides is 3. The predicted molar refractivity (Wildman–Crippen MR) is 72.8 cm³/mol. The summed E-state index contributed by atoms with van der Waals surface area (Å²) in [6.07, 6.45) is 0.542. The van der Waals surface area contributed by atoms with E-state index in [2.05, 4.69) is 5.32 Å². The van der Waals surface area contributed by atoms with Crippen LogP contribution in [0.1, 0.15) is 13.3 Å². The van der Waals surface area contributed by atoms with Crippen molar-refractivity contribution in [3.05, 3.63) is 18.2 Å². The Balaban J connectivity index is 2.19. The van der Waals surface area contributed by atoms with Gasteiger partial charge in [-0.1, -0.05) is 6.92 Å². The predicted octanol–water partition coefficient (Wildman–Crippen LogP) is 2.12. The molecule has 5 nitrogen and oxygen atoms in total. The average molecular weight is 339 g/mol. The van der Waals surface area contributed by atoms with E-state index >= 15 is 0 Å². The molecule has 0 saturated heterocycles. The third-order valence-corrected chi connectivity index (χ3v) is 4.53. The molecule has 2 rings (SSSR count). The molecule has 0 saturated carbocycles. The van der Waals surface area contributed by atoms with Crippen LogP contribution in [0.15, 0.2) is 23.1 Å². The van der Waals surface area contributed by atoms with E-state index in [4.69, 9.17) is 9.47 Å². The Hall–Kier alpha value is -1.48. The summed E-state index contributed by atoms with van der Waals surface area (Å²) in [6, 6.07) is 2.88. The highest BCUT2D eigenvalue weighted by molar-refractivity contribution is 7.92. The van der Waals surface area contributed by atoms with Crippen LogP contribution in [0.5, 0.6) is 11.5 Å². The Labute approximate surface area is 126 Å². The molecule has 1 aliphatic rings. The largest absolute Gasteiger partial charge is 0.501 e. The van der Waals surface area contributed by atoms with Gasteiger partial charge >= 0.3 is 5.51 Å². The Morgan fingerprint density at radius 1 is 1.32 bits per heavy atom. The van der Waals surface area contributed by atoms with Gasteiger partial charge in [0.05, 0.1) is 4.90 Å². The normalized spacial score (nSPS) is 18.3. The maximum atomic E-state index is 12.6. The SMILES string of the molecule is CCCNC[C@H]1COc2ccc(S(=O)(=O)C(F)(F)F)cc2O1. The lowest BCUT2D eigenvalue weighted by molar-refractivity contribution is -0.0436. The van der Waals surface area contributed by atoms with Gasteiger partial charge in [0, 0.05) is 12.6 Å². The van der Waals surface area contributed by atoms with E-state index in [1.807, 2.05) is 6.92 Å². The smallest absolute Gasteiger partial charge is 0.486 e. The molecule has 0 unspecified atom stereocenters. The molecule has 0 aliphatic carbocycles. The number of benzene rings is 1. The highest BCUT2D eigenvalue weighted by Gasteiger charge is 2.47. The standard InChI is InChI=1S/C13H16F3NO4S/c1-2-5-17-7-9-8-20-11-4-3-10(6-12(11)21-9)22(18,19)13(14,15)16/h3-4,6,9,17H,2,5,7-8H2,1H3/t9-/m0/s1. The molecule has 1 aromatic carbocycles. The fourth-order valence-electron chi connectivity index (χ4n) is 1.94. The van der Waals surface area contributed by atoms with Crippen LogP contribution in [0, 0.1) is 0 Å². The molecule has 1 atom stereocenters. The van der Waals surface area contributed by atoms with Crippen LogP contribution >= 0.6 is 0 Å². The quantitative estimate of drug-likeness (QED) is 0.833. The fraction of sp³-hybridized carbons (Fsp3) is 0.538. The molecule has 0 aromatic heterocycles. The van der Waals surface area contributed by atoms with E-state index in [0.29, 0.717) is 6.54 Å². The van der Waals surface area contributed by atoms with E-state index in [0.717, 1.165) is 25.1 Å². The molecule has 0 spiro atoms. The monoisotopic (exact) mass is 339 g/mol. The molecule has 0 radical (unpaired) electrons. The summed E-state index contributed by atoms with van der Waals surface area (Å²) in [4.78, 5) is -0.857. The first-order chi connectivity index (χ1) is 10.3. The third-order valence-electron chi connectivity index (χ3n) is 3.05. The Morgan fingerprint density at radius 2 is 2.05 bits per heavy atom. The molecule has 1 aromatic rings. The first kappa shape index (κ1) is 16.9. The van der Waals surface area contributed by atoms with Gasteiger partial charge in [0.15, 0.2) is 11.5 Å². The zero-order valence-corrected chi connectivity index (χ0v) is 12.6. The molecule has 0 bridgehead atoms. The van der Waals surface area contributed by atoms with Crippen molar-refractivity contribution in [3.8, 4) is 11.5 Å². The summed E-state index contributed by atoms with van der Waals surface area (Å²) in [5.74, 6) is 0.229. The Kier molecular flexibility index (Phi) is 4.86. The van der Waals surface area contributed by atoms with Crippen LogP contribution < -0.4 is 14.8 Å². The van der Waals surface area contributed by atoms with Crippen molar-refractivity contribution in [1.82, 2.24) is 5.32 Å². The second-order valence-corrected chi connectivity index (χ2v) is 6.75. The second kappa shape index (κ2) is 6.33. The second-order valence-electron chi connectivity index (χ2n) is 4.81. The highest BCUT2D eigenvalue weighted by Crippen LogP contribution is 2.37. The maximum Gasteiger partial charge on any atom is 0.501 e. The van der Waals surface area contributed by atoms with E-state index in [1.54, 1.807) is 0 Å². The summed E-state index contributed by atoms with van der Waals surface area (Å²) in [7, 11) is -5.40.